The maximum absolute atomic E-state index is 10.8. The van der Waals surface area contributed by atoms with Crippen LogP contribution in [0.4, 0.5) is 0 Å². The standard InChI is InChI=1S/C7H12NO3P/c1-6(2)7(9)8-4-3-5-12(10)11/h1,3-5H2,2H3,(H,8,9). The fourth-order valence-electron chi connectivity index (χ4n) is 0.561. The second-order valence-corrected chi connectivity index (χ2v) is 3.56. The van der Waals surface area contributed by atoms with E-state index in [-0.39, 0.29) is 12.1 Å². The van der Waals surface area contributed by atoms with E-state index >= 15 is 0 Å². The van der Waals surface area contributed by atoms with Gasteiger partial charge in [0.2, 0.25) is 5.91 Å². The molecule has 0 aliphatic carbocycles. The Bertz CT molecular complexity index is 203. The van der Waals surface area contributed by atoms with Crippen LogP contribution in [0.15, 0.2) is 12.2 Å². The molecule has 0 rings (SSSR count). The smallest absolute Gasteiger partial charge is 0.308 e. The van der Waals surface area contributed by atoms with Gasteiger partial charge in [-0.25, -0.2) is 0 Å². The van der Waals surface area contributed by atoms with Crippen molar-refractivity contribution >= 4 is 13.9 Å². The van der Waals surface area contributed by atoms with Crippen LogP contribution < -0.4 is 10.2 Å². The summed E-state index contributed by atoms with van der Waals surface area (Å²) in [5.74, 6) is -0.226. The van der Waals surface area contributed by atoms with Gasteiger partial charge in [-0.05, 0) is 6.92 Å². The van der Waals surface area contributed by atoms with Crippen molar-refractivity contribution in [2.45, 2.75) is 13.3 Å². The van der Waals surface area contributed by atoms with Crippen LogP contribution in [0.3, 0.4) is 0 Å². The van der Waals surface area contributed by atoms with Gasteiger partial charge in [0.15, 0.2) is 0 Å². The minimum Gasteiger partial charge on any atom is -0.596 e. The first kappa shape index (κ1) is 11.3. The summed E-state index contributed by atoms with van der Waals surface area (Å²) in [6.45, 7) is 5.42. The van der Waals surface area contributed by atoms with E-state index in [1.807, 2.05) is 0 Å². The van der Waals surface area contributed by atoms with E-state index in [2.05, 4.69) is 11.9 Å². The van der Waals surface area contributed by atoms with Gasteiger partial charge >= 0.3 is 8.03 Å². The van der Waals surface area contributed by atoms with E-state index in [0.29, 0.717) is 18.5 Å². The van der Waals surface area contributed by atoms with Crippen molar-refractivity contribution < 1.29 is 14.3 Å². The van der Waals surface area contributed by atoms with Gasteiger partial charge in [0.25, 0.3) is 0 Å². The number of amides is 1. The molecule has 0 radical (unpaired) electrons. The van der Waals surface area contributed by atoms with E-state index in [9.17, 15) is 14.3 Å². The lowest BCUT2D eigenvalue weighted by Gasteiger charge is -2.01. The van der Waals surface area contributed by atoms with Crippen LogP contribution in [0.2, 0.25) is 0 Å². The normalized spacial score (nSPS) is 10.7. The quantitative estimate of drug-likeness (QED) is 0.381. The van der Waals surface area contributed by atoms with Crippen molar-refractivity contribution in [1.82, 2.24) is 5.32 Å². The van der Waals surface area contributed by atoms with Crippen LogP contribution in [0.1, 0.15) is 13.3 Å². The summed E-state index contributed by atoms with van der Waals surface area (Å²) in [5, 5.41) is 2.53. The largest absolute Gasteiger partial charge is 0.596 e. The molecular weight excluding hydrogens is 177 g/mol. The molecular formula is C7H12NO3P. The third kappa shape index (κ3) is 6.01. The van der Waals surface area contributed by atoms with Crippen molar-refractivity contribution in [3.63, 3.8) is 0 Å². The summed E-state index contributed by atoms with van der Waals surface area (Å²) >= 11 is 0. The lowest BCUT2D eigenvalue weighted by Crippen LogP contribution is -2.25. The molecule has 0 aliphatic rings. The number of rotatable bonds is 5. The molecule has 0 fully saturated rings. The maximum atomic E-state index is 10.8. The highest BCUT2D eigenvalue weighted by molar-refractivity contribution is 7.36. The molecule has 0 heterocycles. The van der Waals surface area contributed by atoms with Gasteiger partial charge in [-0.15, -0.1) is 0 Å². The summed E-state index contributed by atoms with van der Waals surface area (Å²) in [6, 6.07) is 0. The molecule has 12 heavy (non-hydrogen) atoms. The fourth-order valence-corrected chi connectivity index (χ4v) is 0.977. The Morgan fingerprint density at radius 2 is 2.25 bits per heavy atom. The molecule has 0 saturated carbocycles. The second kappa shape index (κ2) is 5.86. The van der Waals surface area contributed by atoms with Crippen molar-refractivity contribution in [2.75, 3.05) is 12.7 Å². The van der Waals surface area contributed by atoms with E-state index in [1.165, 1.54) is 0 Å². The Morgan fingerprint density at radius 1 is 1.67 bits per heavy atom. The van der Waals surface area contributed by atoms with Crippen molar-refractivity contribution in [3.8, 4) is 0 Å². The van der Waals surface area contributed by atoms with Crippen molar-refractivity contribution in [3.05, 3.63) is 12.2 Å². The summed E-state index contributed by atoms with van der Waals surface area (Å²) in [6.07, 6.45) is 0.573. The van der Waals surface area contributed by atoms with Crippen LogP contribution in [-0.2, 0) is 9.36 Å². The lowest BCUT2D eigenvalue weighted by molar-refractivity contribution is -0.164. The Balaban J connectivity index is 3.38. The highest BCUT2D eigenvalue weighted by Gasteiger charge is 2.02. The SMILES string of the molecule is C=C(C)C(=O)NCCC[P+](=O)[O-]. The topological polar surface area (TPSA) is 69.2 Å². The van der Waals surface area contributed by atoms with Gasteiger partial charge < -0.3 is 10.2 Å². The number of carbonyl (C=O) groups excluding carboxylic acids is 1. The van der Waals surface area contributed by atoms with Gasteiger partial charge in [-0.2, -0.15) is 0 Å². The third-order valence-corrected chi connectivity index (χ3v) is 1.87. The molecule has 0 aromatic heterocycles. The van der Waals surface area contributed by atoms with Crippen molar-refractivity contribution in [1.29, 1.82) is 0 Å². The predicted molar refractivity (Wildman–Crippen MR) is 44.9 cm³/mol. The van der Waals surface area contributed by atoms with Gasteiger partial charge in [-0.1, -0.05) is 11.1 Å². The third-order valence-electron chi connectivity index (χ3n) is 1.19. The highest BCUT2D eigenvalue weighted by atomic mass is 31.1. The number of carbonyl (C=O) groups is 1. The summed E-state index contributed by atoms with van der Waals surface area (Å²) in [4.78, 5) is 20.9. The van der Waals surface area contributed by atoms with Gasteiger partial charge in [-0.3, -0.25) is 4.79 Å². The van der Waals surface area contributed by atoms with Crippen LogP contribution in [-0.4, -0.2) is 18.6 Å². The zero-order valence-electron chi connectivity index (χ0n) is 7.00. The lowest BCUT2D eigenvalue weighted by atomic mass is 10.3. The number of hydrogen-bond acceptors (Lipinski definition) is 3. The molecule has 5 heteroatoms. The zero-order valence-corrected chi connectivity index (χ0v) is 7.89. The van der Waals surface area contributed by atoms with E-state index in [1.54, 1.807) is 6.92 Å². The second-order valence-electron chi connectivity index (χ2n) is 2.45. The predicted octanol–water partition coefficient (Wildman–Crippen LogP) is 0.171. The summed E-state index contributed by atoms with van der Waals surface area (Å²) < 4.78 is 10.1. The van der Waals surface area contributed by atoms with Crippen molar-refractivity contribution in [2.24, 2.45) is 0 Å². The Kier molecular flexibility index (Phi) is 5.51. The minimum atomic E-state index is -2.32. The van der Waals surface area contributed by atoms with Gasteiger partial charge in [0.05, 0.1) is 0 Å². The Morgan fingerprint density at radius 3 is 2.67 bits per heavy atom. The van der Waals surface area contributed by atoms with E-state index < -0.39 is 8.03 Å². The molecule has 1 N–H and O–H groups in total. The molecule has 1 atom stereocenters. The summed E-state index contributed by atoms with van der Waals surface area (Å²) in [7, 11) is -2.32. The molecule has 0 saturated heterocycles. The zero-order chi connectivity index (χ0) is 9.56. The molecule has 1 amide bonds. The molecule has 0 aromatic carbocycles. The molecule has 4 nitrogen and oxygen atoms in total. The van der Waals surface area contributed by atoms with Crippen LogP contribution in [0.5, 0.6) is 0 Å². The molecule has 0 spiro atoms. The van der Waals surface area contributed by atoms with Crippen LogP contribution in [0.25, 0.3) is 0 Å². The Hall–Kier alpha value is -0.730. The molecule has 0 aliphatic heterocycles. The van der Waals surface area contributed by atoms with Crippen LogP contribution in [0, 0.1) is 0 Å². The first-order chi connectivity index (χ1) is 5.54. The van der Waals surface area contributed by atoms with Gasteiger partial charge in [0, 0.05) is 18.5 Å². The molecule has 0 aromatic rings. The van der Waals surface area contributed by atoms with Gasteiger partial charge in [0.1, 0.15) is 6.16 Å². The average molecular weight is 189 g/mol. The Labute approximate surface area is 72.5 Å². The monoisotopic (exact) mass is 189 g/mol. The average Bonchev–Trinajstić information content (AvgIpc) is 1.97. The van der Waals surface area contributed by atoms with Crippen LogP contribution >= 0.6 is 8.03 Å². The first-order valence-corrected chi connectivity index (χ1v) is 4.96. The maximum Gasteiger partial charge on any atom is 0.308 e. The van der Waals surface area contributed by atoms with E-state index in [0.717, 1.165) is 0 Å². The summed E-state index contributed by atoms with van der Waals surface area (Å²) in [5.41, 5.74) is 0.432. The molecule has 1 unspecified atom stereocenters. The number of hydrogen-bond donors (Lipinski definition) is 1. The first-order valence-electron chi connectivity index (χ1n) is 3.59. The van der Waals surface area contributed by atoms with E-state index in [4.69, 9.17) is 0 Å². The number of nitrogens with one attached hydrogen (secondary N) is 1. The highest BCUT2D eigenvalue weighted by Crippen LogP contribution is 2.06. The minimum absolute atomic E-state index is 0.117. The molecule has 68 valence electrons. The fraction of sp³-hybridized carbons (Fsp3) is 0.571. The molecule has 0 bridgehead atoms.